The fourth-order valence-corrected chi connectivity index (χ4v) is 6.27. The highest BCUT2D eigenvalue weighted by molar-refractivity contribution is 7.92. The second-order valence-corrected chi connectivity index (χ2v) is 11.3. The predicted molar refractivity (Wildman–Crippen MR) is 133 cm³/mol. The van der Waals surface area contributed by atoms with E-state index in [1.165, 1.54) is 6.26 Å². The molecule has 8 heteroatoms. The summed E-state index contributed by atoms with van der Waals surface area (Å²) in [7, 11) is -1.47. The van der Waals surface area contributed by atoms with Gasteiger partial charge in [0, 0.05) is 31.1 Å². The van der Waals surface area contributed by atoms with Crippen molar-refractivity contribution in [2.75, 3.05) is 6.26 Å². The van der Waals surface area contributed by atoms with Crippen molar-refractivity contribution in [3.63, 3.8) is 0 Å². The van der Waals surface area contributed by atoms with Crippen LogP contribution in [0.2, 0.25) is 0 Å². The molecule has 0 amide bonds. The van der Waals surface area contributed by atoms with Crippen LogP contribution in [-0.4, -0.2) is 33.8 Å². The zero-order valence-electron chi connectivity index (χ0n) is 18.8. The van der Waals surface area contributed by atoms with Crippen molar-refractivity contribution in [2.24, 2.45) is 7.05 Å². The van der Waals surface area contributed by atoms with Crippen LogP contribution in [0.4, 0.5) is 0 Å². The molecule has 1 aliphatic carbocycles. The standard InChI is InChI=1S/C26H22N4O3S/c1-29-23-16-28-22-8-3-18(17-9-13-27-14-10-17)15-21(22)24(23)30(25(29)31)20-6-4-19(5-7-20)26(11-12-26)34(2,32)33/h3-10,13-16H,11-12H2,1-2H3. The van der Waals surface area contributed by atoms with Crippen LogP contribution in [0.3, 0.4) is 0 Å². The van der Waals surface area contributed by atoms with Crippen LogP contribution < -0.4 is 5.69 Å². The predicted octanol–water partition coefficient (Wildman–Crippen LogP) is 3.97. The Hall–Kier alpha value is -3.78. The number of imidazole rings is 1. The van der Waals surface area contributed by atoms with Crippen LogP contribution in [0.1, 0.15) is 18.4 Å². The molecule has 0 saturated heterocycles. The summed E-state index contributed by atoms with van der Waals surface area (Å²) < 4.78 is 27.1. The third kappa shape index (κ3) is 2.95. The minimum Gasteiger partial charge on any atom is -0.293 e. The Balaban J connectivity index is 1.58. The van der Waals surface area contributed by atoms with E-state index in [1.54, 1.807) is 34.8 Å². The second-order valence-electron chi connectivity index (χ2n) is 8.95. The van der Waals surface area contributed by atoms with Crippen molar-refractivity contribution in [2.45, 2.75) is 17.6 Å². The number of benzene rings is 2. The SMILES string of the molecule is Cn1c(=O)n(-c2ccc(C3(S(C)(=O)=O)CC3)cc2)c2c3cc(-c4ccncc4)ccc3ncc21. The number of nitrogens with zero attached hydrogens (tertiary/aromatic N) is 4. The van der Waals surface area contributed by atoms with E-state index in [0.29, 0.717) is 18.5 Å². The molecule has 0 bridgehead atoms. The van der Waals surface area contributed by atoms with Gasteiger partial charge in [-0.05, 0) is 65.9 Å². The molecule has 0 atom stereocenters. The van der Waals surface area contributed by atoms with E-state index in [9.17, 15) is 13.2 Å². The number of rotatable bonds is 4. The lowest BCUT2D eigenvalue weighted by Gasteiger charge is -2.14. The lowest BCUT2D eigenvalue weighted by atomic mass is 10.0. The van der Waals surface area contributed by atoms with Crippen LogP contribution in [-0.2, 0) is 21.6 Å². The quantitative estimate of drug-likeness (QED) is 0.397. The van der Waals surface area contributed by atoms with E-state index in [-0.39, 0.29) is 5.69 Å². The van der Waals surface area contributed by atoms with E-state index in [0.717, 1.165) is 38.6 Å². The molecule has 2 aromatic carbocycles. The molecule has 0 radical (unpaired) electrons. The van der Waals surface area contributed by atoms with Gasteiger partial charge in [0.2, 0.25) is 0 Å². The Morgan fingerprint density at radius 3 is 2.29 bits per heavy atom. The maximum Gasteiger partial charge on any atom is 0.333 e. The summed E-state index contributed by atoms with van der Waals surface area (Å²) in [6.45, 7) is 0. The lowest BCUT2D eigenvalue weighted by Crippen LogP contribution is -2.21. The fourth-order valence-electron chi connectivity index (χ4n) is 4.86. The van der Waals surface area contributed by atoms with Crippen LogP contribution in [0, 0.1) is 0 Å². The summed E-state index contributed by atoms with van der Waals surface area (Å²) in [4.78, 5) is 22.0. The fraction of sp³-hybridized carbons (Fsp3) is 0.192. The molecular formula is C26H22N4O3S. The largest absolute Gasteiger partial charge is 0.333 e. The zero-order valence-corrected chi connectivity index (χ0v) is 19.6. The van der Waals surface area contributed by atoms with Crippen molar-refractivity contribution >= 4 is 31.8 Å². The summed E-state index contributed by atoms with van der Waals surface area (Å²) in [5.41, 5.74) is 5.59. The molecule has 170 valence electrons. The maximum atomic E-state index is 13.3. The third-order valence-corrected chi connectivity index (χ3v) is 9.03. The van der Waals surface area contributed by atoms with Gasteiger partial charge in [-0.2, -0.15) is 0 Å². The minimum atomic E-state index is -3.21. The highest BCUT2D eigenvalue weighted by atomic mass is 32.2. The average Bonchev–Trinajstić information content (AvgIpc) is 3.63. The number of hydrogen-bond acceptors (Lipinski definition) is 5. The molecule has 0 unspecified atom stereocenters. The smallest absolute Gasteiger partial charge is 0.293 e. The van der Waals surface area contributed by atoms with Crippen molar-refractivity contribution < 1.29 is 8.42 Å². The molecule has 0 N–H and O–H groups in total. The van der Waals surface area contributed by atoms with Gasteiger partial charge in [-0.1, -0.05) is 18.2 Å². The number of sulfone groups is 1. The Bertz CT molecular complexity index is 1750. The molecule has 6 rings (SSSR count). The Morgan fingerprint density at radius 2 is 1.65 bits per heavy atom. The minimum absolute atomic E-state index is 0.185. The topological polar surface area (TPSA) is 86.9 Å². The number of hydrogen-bond donors (Lipinski definition) is 0. The first-order valence-electron chi connectivity index (χ1n) is 11.0. The molecule has 34 heavy (non-hydrogen) atoms. The van der Waals surface area contributed by atoms with Gasteiger partial charge in [0.25, 0.3) is 0 Å². The number of aromatic nitrogens is 4. The first-order chi connectivity index (χ1) is 16.3. The molecule has 1 fully saturated rings. The Morgan fingerprint density at radius 1 is 0.941 bits per heavy atom. The van der Waals surface area contributed by atoms with Gasteiger partial charge in [0.05, 0.1) is 33.2 Å². The van der Waals surface area contributed by atoms with E-state index < -0.39 is 14.6 Å². The highest BCUT2D eigenvalue weighted by Crippen LogP contribution is 2.52. The molecule has 1 aliphatic rings. The lowest BCUT2D eigenvalue weighted by molar-refractivity contribution is 0.586. The molecule has 3 aromatic heterocycles. The molecule has 7 nitrogen and oxygen atoms in total. The molecule has 0 aliphatic heterocycles. The van der Waals surface area contributed by atoms with Crippen molar-refractivity contribution in [1.82, 2.24) is 19.1 Å². The van der Waals surface area contributed by atoms with Crippen LogP contribution in [0.5, 0.6) is 0 Å². The van der Waals surface area contributed by atoms with Crippen LogP contribution >= 0.6 is 0 Å². The Kier molecular flexibility index (Phi) is 4.35. The first-order valence-corrected chi connectivity index (χ1v) is 12.9. The van der Waals surface area contributed by atoms with Crippen molar-refractivity contribution in [3.05, 3.63) is 89.2 Å². The summed E-state index contributed by atoms with van der Waals surface area (Å²) in [5, 5.41) is 0.864. The van der Waals surface area contributed by atoms with E-state index >= 15 is 0 Å². The number of pyridine rings is 2. The normalized spacial score (nSPS) is 15.1. The monoisotopic (exact) mass is 470 g/mol. The first kappa shape index (κ1) is 20.8. The number of aryl methyl sites for hydroxylation is 1. The molecule has 1 saturated carbocycles. The Labute approximate surface area is 196 Å². The molecule has 3 heterocycles. The average molecular weight is 471 g/mol. The van der Waals surface area contributed by atoms with Gasteiger partial charge >= 0.3 is 5.69 Å². The van der Waals surface area contributed by atoms with Crippen LogP contribution in [0.15, 0.2) is 78.0 Å². The van der Waals surface area contributed by atoms with Crippen LogP contribution in [0.25, 0.3) is 38.8 Å². The van der Waals surface area contributed by atoms with Gasteiger partial charge in [0.1, 0.15) is 0 Å². The highest BCUT2D eigenvalue weighted by Gasteiger charge is 2.53. The maximum absolute atomic E-state index is 13.3. The second kappa shape index (κ2) is 7.11. The van der Waals surface area contributed by atoms with E-state index in [4.69, 9.17) is 0 Å². The van der Waals surface area contributed by atoms with E-state index in [2.05, 4.69) is 9.97 Å². The van der Waals surface area contributed by atoms with Gasteiger partial charge in [0.15, 0.2) is 9.84 Å². The van der Waals surface area contributed by atoms with Gasteiger partial charge in [-0.3, -0.25) is 19.1 Å². The van der Waals surface area contributed by atoms with E-state index in [1.807, 2.05) is 54.6 Å². The summed E-state index contributed by atoms with van der Waals surface area (Å²) >= 11 is 0. The van der Waals surface area contributed by atoms with Gasteiger partial charge in [-0.25, -0.2) is 13.2 Å². The summed E-state index contributed by atoms with van der Waals surface area (Å²) in [5.74, 6) is 0. The molecule has 0 spiro atoms. The van der Waals surface area contributed by atoms with Gasteiger partial charge < -0.3 is 0 Å². The van der Waals surface area contributed by atoms with Crippen molar-refractivity contribution in [1.29, 1.82) is 0 Å². The zero-order chi connectivity index (χ0) is 23.7. The molecular weight excluding hydrogens is 448 g/mol. The molecule has 5 aromatic rings. The van der Waals surface area contributed by atoms with Crippen molar-refractivity contribution in [3.8, 4) is 16.8 Å². The summed E-state index contributed by atoms with van der Waals surface area (Å²) in [6, 6.07) is 17.2. The third-order valence-electron chi connectivity index (χ3n) is 6.96. The van der Waals surface area contributed by atoms with Gasteiger partial charge in [-0.15, -0.1) is 0 Å². The number of fused-ring (bicyclic) bond motifs is 3. The summed E-state index contributed by atoms with van der Waals surface area (Å²) in [6.07, 6.45) is 7.78.